The van der Waals surface area contributed by atoms with Crippen LogP contribution in [0.4, 0.5) is 0 Å². The van der Waals surface area contributed by atoms with E-state index in [1.54, 1.807) is 0 Å². The molecule has 2 aliphatic carbocycles. The van der Waals surface area contributed by atoms with Crippen molar-refractivity contribution >= 4 is 11.8 Å². The number of carbonyl (C=O) groups excluding carboxylic acids is 2. The van der Waals surface area contributed by atoms with Crippen molar-refractivity contribution in [2.45, 2.75) is 45.1 Å². The summed E-state index contributed by atoms with van der Waals surface area (Å²) in [6.45, 7) is 7.67. The maximum atomic E-state index is 12.6. The third-order valence-electron chi connectivity index (χ3n) is 6.32. The minimum absolute atomic E-state index is 0.0148. The molecular weight excluding hydrogens is 304 g/mol. The fourth-order valence-corrected chi connectivity index (χ4v) is 3.97. The summed E-state index contributed by atoms with van der Waals surface area (Å²) in [7, 11) is 1.93. The van der Waals surface area contributed by atoms with Crippen LogP contribution in [0.25, 0.3) is 0 Å². The molecule has 3 atom stereocenters. The first kappa shape index (κ1) is 15.7. The average Bonchev–Trinajstić information content (AvgIpc) is 3.29. The summed E-state index contributed by atoms with van der Waals surface area (Å²) in [5.74, 6) is 1.40. The number of piperidine rings is 1. The lowest BCUT2D eigenvalue weighted by atomic mass is 10.1. The van der Waals surface area contributed by atoms with Gasteiger partial charge in [0.25, 0.3) is 5.91 Å². The number of carbonyl (C=O) groups is 2. The number of fused-ring (bicyclic) bond motifs is 1. The van der Waals surface area contributed by atoms with Crippen LogP contribution in [0.15, 0.2) is 6.07 Å². The van der Waals surface area contributed by atoms with Crippen LogP contribution in [0, 0.1) is 17.8 Å². The van der Waals surface area contributed by atoms with E-state index in [0.29, 0.717) is 36.5 Å². The summed E-state index contributed by atoms with van der Waals surface area (Å²) in [5, 5.41) is 7.09. The molecule has 2 amide bonds. The molecule has 2 heterocycles. The Hall–Kier alpha value is -1.85. The molecule has 0 radical (unpaired) electrons. The van der Waals surface area contributed by atoms with Crippen molar-refractivity contribution in [3.05, 3.63) is 17.5 Å². The third kappa shape index (κ3) is 2.34. The van der Waals surface area contributed by atoms with Crippen LogP contribution in [0.2, 0.25) is 0 Å². The molecule has 130 valence electrons. The van der Waals surface area contributed by atoms with Gasteiger partial charge in [-0.2, -0.15) is 5.10 Å². The summed E-state index contributed by atoms with van der Waals surface area (Å²) < 4.78 is 0. The number of aromatic nitrogens is 2. The Morgan fingerprint density at radius 3 is 2.46 bits per heavy atom. The van der Waals surface area contributed by atoms with Crippen molar-refractivity contribution in [1.29, 1.82) is 0 Å². The lowest BCUT2D eigenvalue weighted by Gasteiger charge is -2.26. The highest BCUT2D eigenvalue weighted by Crippen LogP contribution is 2.54. The van der Waals surface area contributed by atoms with Crippen molar-refractivity contribution in [3.8, 4) is 0 Å². The van der Waals surface area contributed by atoms with E-state index in [2.05, 4.69) is 31.0 Å². The first-order chi connectivity index (χ1) is 11.3. The Bertz CT molecular complexity index is 679. The van der Waals surface area contributed by atoms with Gasteiger partial charge in [-0.15, -0.1) is 0 Å². The predicted octanol–water partition coefficient (Wildman–Crippen LogP) is 1.86. The molecular formula is C18H26N4O2. The van der Waals surface area contributed by atoms with Crippen molar-refractivity contribution in [2.75, 3.05) is 20.1 Å². The number of nitrogens with zero attached hydrogens (tertiary/aromatic N) is 3. The van der Waals surface area contributed by atoms with Gasteiger partial charge < -0.3 is 9.80 Å². The van der Waals surface area contributed by atoms with E-state index in [9.17, 15) is 9.59 Å². The molecule has 1 aromatic heterocycles. The number of hydrogen-bond acceptors (Lipinski definition) is 3. The molecule has 4 rings (SSSR count). The summed E-state index contributed by atoms with van der Waals surface area (Å²) in [4.78, 5) is 29.0. The molecule has 6 nitrogen and oxygen atoms in total. The van der Waals surface area contributed by atoms with Gasteiger partial charge in [-0.3, -0.25) is 14.7 Å². The number of likely N-dealkylation sites (tertiary alicyclic amines) is 1. The maximum Gasteiger partial charge on any atom is 0.274 e. The predicted molar refractivity (Wildman–Crippen MR) is 89.5 cm³/mol. The van der Waals surface area contributed by atoms with E-state index >= 15 is 0 Å². The fourth-order valence-electron chi connectivity index (χ4n) is 3.97. The molecule has 24 heavy (non-hydrogen) atoms. The number of hydrogen-bond donors (Lipinski definition) is 1. The van der Waals surface area contributed by atoms with Crippen LogP contribution in [0.1, 0.15) is 55.7 Å². The molecule has 0 aromatic carbocycles. The van der Waals surface area contributed by atoms with Crippen LogP contribution >= 0.6 is 0 Å². The molecule has 2 saturated carbocycles. The normalized spacial score (nSPS) is 29.5. The average molecular weight is 330 g/mol. The van der Waals surface area contributed by atoms with Gasteiger partial charge in [0.1, 0.15) is 5.69 Å². The van der Waals surface area contributed by atoms with E-state index in [0.717, 1.165) is 18.5 Å². The zero-order valence-corrected chi connectivity index (χ0v) is 14.9. The lowest BCUT2D eigenvalue weighted by Crippen LogP contribution is -2.40. The Kier molecular flexibility index (Phi) is 3.31. The van der Waals surface area contributed by atoms with Crippen LogP contribution in [0.3, 0.4) is 0 Å². The van der Waals surface area contributed by atoms with Crippen molar-refractivity contribution in [3.63, 3.8) is 0 Å². The fraction of sp³-hybridized carbons (Fsp3) is 0.722. The molecule has 1 unspecified atom stereocenters. The number of nitrogens with one attached hydrogen (secondary N) is 1. The first-order valence-corrected chi connectivity index (χ1v) is 8.94. The molecule has 0 bridgehead atoms. The zero-order chi connectivity index (χ0) is 17.2. The van der Waals surface area contributed by atoms with Gasteiger partial charge in [-0.05, 0) is 43.6 Å². The lowest BCUT2D eigenvalue weighted by molar-refractivity contribution is -0.134. The molecule has 6 heteroatoms. The second-order valence-corrected chi connectivity index (χ2v) is 8.32. The summed E-state index contributed by atoms with van der Waals surface area (Å²) in [6.07, 6.45) is 2.22. The van der Waals surface area contributed by atoms with Gasteiger partial charge in [-0.25, -0.2) is 0 Å². The standard InChI is InChI=1S/C18H26N4O2/c1-10(2)13-7-14(20-19-13)16(23)22-8-11-12(9-22)15(11)17(24)21(4)18(3)5-6-18/h7,10-12,15H,5-6,8-9H2,1-4H3,(H,19,20)/t11-,12+,15?. The van der Waals surface area contributed by atoms with E-state index < -0.39 is 0 Å². The first-order valence-electron chi connectivity index (χ1n) is 8.94. The van der Waals surface area contributed by atoms with Gasteiger partial charge in [0.2, 0.25) is 5.91 Å². The second kappa shape index (κ2) is 5.07. The van der Waals surface area contributed by atoms with Crippen LogP contribution in [-0.4, -0.2) is 57.5 Å². The van der Waals surface area contributed by atoms with Crippen LogP contribution < -0.4 is 0 Å². The molecule has 3 fully saturated rings. The summed E-state index contributed by atoms with van der Waals surface area (Å²) >= 11 is 0. The van der Waals surface area contributed by atoms with Gasteiger partial charge in [-0.1, -0.05) is 13.8 Å². The van der Waals surface area contributed by atoms with E-state index in [1.807, 2.05) is 22.9 Å². The number of rotatable bonds is 4. The van der Waals surface area contributed by atoms with Crippen LogP contribution in [0.5, 0.6) is 0 Å². The maximum absolute atomic E-state index is 12.6. The number of H-pyrrole nitrogens is 1. The van der Waals surface area contributed by atoms with Gasteiger partial charge in [0, 0.05) is 37.3 Å². The van der Waals surface area contributed by atoms with E-state index in [1.165, 1.54) is 0 Å². The van der Waals surface area contributed by atoms with Gasteiger partial charge in [0.15, 0.2) is 0 Å². The largest absolute Gasteiger partial charge is 0.340 e. The molecule has 1 saturated heterocycles. The highest BCUT2D eigenvalue weighted by atomic mass is 16.2. The zero-order valence-electron chi connectivity index (χ0n) is 14.9. The third-order valence-corrected chi connectivity index (χ3v) is 6.32. The number of aromatic amines is 1. The van der Waals surface area contributed by atoms with Crippen molar-refractivity contribution in [1.82, 2.24) is 20.0 Å². The monoisotopic (exact) mass is 330 g/mol. The second-order valence-electron chi connectivity index (χ2n) is 8.32. The molecule has 3 aliphatic rings. The van der Waals surface area contributed by atoms with Gasteiger partial charge >= 0.3 is 0 Å². The quantitative estimate of drug-likeness (QED) is 0.916. The minimum Gasteiger partial charge on any atom is -0.340 e. The van der Waals surface area contributed by atoms with E-state index in [4.69, 9.17) is 0 Å². The smallest absolute Gasteiger partial charge is 0.274 e. The molecule has 1 aliphatic heterocycles. The number of amides is 2. The highest BCUT2D eigenvalue weighted by molar-refractivity contribution is 5.93. The van der Waals surface area contributed by atoms with Crippen molar-refractivity contribution in [2.24, 2.45) is 17.8 Å². The van der Waals surface area contributed by atoms with Gasteiger partial charge in [0.05, 0.1) is 0 Å². The SMILES string of the molecule is CC(C)c1cc(C(=O)N2C[C@@H]3C(C(=O)N(C)C4(C)CC4)[C@@H]3C2)n[nH]1. The van der Waals surface area contributed by atoms with Crippen molar-refractivity contribution < 1.29 is 9.59 Å². The van der Waals surface area contributed by atoms with Crippen LogP contribution in [-0.2, 0) is 4.79 Å². The Balaban J connectivity index is 1.36. The highest BCUT2D eigenvalue weighted by Gasteiger charge is 2.62. The van der Waals surface area contributed by atoms with E-state index in [-0.39, 0.29) is 23.3 Å². The minimum atomic E-state index is -0.0148. The summed E-state index contributed by atoms with van der Waals surface area (Å²) in [5.41, 5.74) is 1.56. The molecule has 1 aromatic rings. The topological polar surface area (TPSA) is 69.3 Å². The Labute approximate surface area is 142 Å². The Morgan fingerprint density at radius 2 is 1.96 bits per heavy atom. The molecule has 0 spiro atoms. The summed E-state index contributed by atoms with van der Waals surface area (Å²) in [6, 6.07) is 1.85. The molecule has 1 N–H and O–H groups in total. The Morgan fingerprint density at radius 1 is 1.33 bits per heavy atom.